The molecule has 3 rings (SSSR count). The molecule has 0 saturated carbocycles. The predicted molar refractivity (Wildman–Crippen MR) is 72.6 cm³/mol. The zero-order valence-electron chi connectivity index (χ0n) is 11.5. The lowest BCUT2D eigenvalue weighted by atomic mass is 9.87. The minimum Gasteiger partial charge on any atom is -0.383 e. The number of amidine groups is 2. The van der Waals surface area contributed by atoms with Crippen molar-refractivity contribution >= 4 is 11.7 Å². The number of aliphatic imine (C=N–C) groups is 1. The molecular weight excluding hydrogens is 240 g/mol. The average molecular weight is 257 g/mol. The minimum absolute atomic E-state index is 0.174. The summed E-state index contributed by atoms with van der Waals surface area (Å²) < 4.78 is 0. The van der Waals surface area contributed by atoms with Gasteiger partial charge in [-0.2, -0.15) is 0 Å². The molecule has 0 bridgehead atoms. The molecule has 0 aliphatic carbocycles. The summed E-state index contributed by atoms with van der Waals surface area (Å²) in [4.78, 5) is 4.00. The summed E-state index contributed by atoms with van der Waals surface area (Å²) in [6, 6.07) is 3.82. The standard InChI is InChI=1S/C14H17N4O/c1-13(2)9-5-7-8(12(16)17-11(7)15)6-10(9)14(3,4)18(13)19/h5-6H,1-4H3,(H3,15,16,17). The number of hydrogen-bond donors (Lipinski definition) is 2. The molecule has 99 valence electrons. The maximum atomic E-state index is 12.5. The van der Waals surface area contributed by atoms with E-state index in [0.29, 0.717) is 5.84 Å². The molecule has 1 aromatic rings. The fraction of sp³-hybridized carbons (Fsp3) is 0.429. The SMILES string of the molecule is CC1(C)c2cc3c(cc2C(C)(C)N1[O])C(N)=NC3=N. The first-order valence-electron chi connectivity index (χ1n) is 6.27. The van der Waals surface area contributed by atoms with Crippen molar-refractivity contribution in [2.45, 2.75) is 38.8 Å². The molecule has 19 heavy (non-hydrogen) atoms. The van der Waals surface area contributed by atoms with Crippen LogP contribution < -0.4 is 5.73 Å². The van der Waals surface area contributed by atoms with Crippen molar-refractivity contribution in [3.8, 4) is 0 Å². The van der Waals surface area contributed by atoms with Crippen LogP contribution in [0.1, 0.15) is 49.9 Å². The van der Waals surface area contributed by atoms with Gasteiger partial charge in [0.2, 0.25) is 0 Å². The number of hydroxylamine groups is 2. The zero-order valence-corrected chi connectivity index (χ0v) is 11.5. The van der Waals surface area contributed by atoms with Gasteiger partial charge >= 0.3 is 0 Å². The van der Waals surface area contributed by atoms with Gasteiger partial charge in [-0.15, -0.1) is 10.3 Å². The van der Waals surface area contributed by atoms with Gasteiger partial charge in [0.05, 0.1) is 11.1 Å². The van der Waals surface area contributed by atoms with Crippen molar-refractivity contribution in [1.82, 2.24) is 5.06 Å². The number of nitrogens with one attached hydrogen (secondary N) is 1. The van der Waals surface area contributed by atoms with Crippen molar-refractivity contribution in [2.75, 3.05) is 0 Å². The Morgan fingerprint density at radius 2 is 1.58 bits per heavy atom. The molecule has 2 aliphatic heterocycles. The third-order valence-electron chi connectivity index (χ3n) is 4.25. The van der Waals surface area contributed by atoms with Crippen LogP contribution >= 0.6 is 0 Å². The third-order valence-corrected chi connectivity index (χ3v) is 4.25. The van der Waals surface area contributed by atoms with Crippen molar-refractivity contribution < 1.29 is 5.21 Å². The fourth-order valence-corrected chi connectivity index (χ4v) is 3.18. The average Bonchev–Trinajstić information content (AvgIpc) is 2.67. The van der Waals surface area contributed by atoms with Crippen molar-refractivity contribution in [2.24, 2.45) is 10.7 Å². The highest BCUT2D eigenvalue weighted by Crippen LogP contribution is 2.49. The topological polar surface area (TPSA) is 85.4 Å². The summed E-state index contributed by atoms with van der Waals surface area (Å²) in [6.07, 6.45) is 0. The molecule has 0 aromatic heterocycles. The Hall–Kier alpha value is -1.72. The van der Waals surface area contributed by atoms with Crippen LogP contribution in [0.25, 0.3) is 0 Å². The summed E-state index contributed by atoms with van der Waals surface area (Å²) in [5.41, 5.74) is 8.05. The van der Waals surface area contributed by atoms with Crippen LogP contribution in [0.5, 0.6) is 0 Å². The fourth-order valence-electron chi connectivity index (χ4n) is 3.18. The summed E-state index contributed by atoms with van der Waals surface area (Å²) in [7, 11) is 0. The third kappa shape index (κ3) is 1.31. The second-order valence-corrected chi connectivity index (χ2v) is 6.20. The highest BCUT2D eigenvalue weighted by atomic mass is 16.5. The van der Waals surface area contributed by atoms with E-state index in [1.54, 1.807) is 0 Å². The lowest BCUT2D eigenvalue weighted by Crippen LogP contribution is -2.41. The molecule has 0 amide bonds. The van der Waals surface area contributed by atoms with E-state index in [9.17, 15) is 5.21 Å². The lowest BCUT2D eigenvalue weighted by molar-refractivity contribution is -0.266. The van der Waals surface area contributed by atoms with Crippen LogP contribution in [0.15, 0.2) is 17.1 Å². The number of nitrogens with two attached hydrogens (primary N) is 1. The molecule has 2 aliphatic rings. The second-order valence-electron chi connectivity index (χ2n) is 6.20. The van der Waals surface area contributed by atoms with Gasteiger partial charge in [0.15, 0.2) is 5.84 Å². The van der Waals surface area contributed by atoms with Gasteiger partial charge < -0.3 is 5.73 Å². The van der Waals surface area contributed by atoms with Gasteiger partial charge in [-0.1, -0.05) is 0 Å². The molecule has 1 radical (unpaired) electrons. The van der Waals surface area contributed by atoms with E-state index in [1.165, 1.54) is 0 Å². The summed E-state index contributed by atoms with van der Waals surface area (Å²) >= 11 is 0. The quantitative estimate of drug-likeness (QED) is 0.743. The molecule has 0 unspecified atom stereocenters. The van der Waals surface area contributed by atoms with E-state index in [0.717, 1.165) is 27.3 Å². The van der Waals surface area contributed by atoms with Gasteiger partial charge in [0.25, 0.3) is 0 Å². The van der Waals surface area contributed by atoms with Gasteiger partial charge in [-0.05, 0) is 51.0 Å². The Balaban J connectivity index is 2.33. The molecule has 0 spiro atoms. The number of nitrogens with zero attached hydrogens (tertiary/aromatic N) is 2. The molecule has 2 heterocycles. The van der Waals surface area contributed by atoms with E-state index in [2.05, 4.69) is 4.99 Å². The van der Waals surface area contributed by atoms with Crippen LogP contribution in [-0.4, -0.2) is 16.7 Å². The van der Waals surface area contributed by atoms with Crippen LogP contribution in [0.4, 0.5) is 0 Å². The van der Waals surface area contributed by atoms with E-state index >= 15 is 0 Å². The van der Waals surface area contributed by atoms with E-state index in [-0.39, 0.29) is 5.84 Å². The first-order valence-corrected chi connectivity index (χ1v) is 6.27. The van der Waals surface area contributed by atoms with Crippen LogP contribution in [0.2, 0.25) is 0 Å². The van der Waals surface area contributed by atoms with Gasteiger partial charge in [-0.3, -0.25) is 5.41 Å². The normalized spacial score (nSPS) is 23.2. The molecule has 5 nitrogen and oxygen atoms in total. The molecular formula is C14H17N4O. The van der Waals surface area contributed by atoms with Crippen LogP contribution in [0, 0.1) is 5.41 Å². The highest BCUT2D eigenvalue weighted by Gasteiger charge is 2.50. The maximum Gasteiger partial charge on any atom is 0.154 e. The Bertz CT molecular complexity index is 643. The van der Waals surface area contributed by atoms with Gasteiger partial charge in [0, 0.05) is 11.1 Å². The Kier molecular flexibility index (Phi) is 2.10. The van der Waals surface area contributed by atoms with Crippen molar-refractivity contribution in [3.63, 3.8) is 0 Å². The first kappa shape index (κ1) is 12.3. The molecule has 1 aromatic carbocycles. The van der Waals surface area contributed by atoms with E-state index < -0.39 is 11.1 Å². The smallest absolute Gasteiger partial charge is 0.154 e. The van der Waals surface area contributed by atoms with Gasteiger partial charge in [-0.25, -0.2) is 4.99 Å². The van der Waals surface area contributed by atoms with Gasteiger partial charge in [0.1, 0.15) is 5.84 Å². The van der Waals surface area contributed by atoms with Crippen molar-refractivity contribution in [1.29, 1.82) is 5.41 Å². The van der Waals surface area contributed by atoms with Crippen LogP contribution in [0.3, 0.4) is 0 Å². The first-order chi connectivity index (χ1) is 8.67. The number of benzene rings is 1. The molecule has 3 N–H and O–H groups in total. The predicted octanol–water partition coefficient (Wildman–Crippen LogP) is 1.86. The summed E-state index contributed by atoms with van der Waals surface area (Å²) in [6.45, 7) is 7.63. The lowest BCUT2D eigenvalue weighted by Gasteiger charge is -2.32. The molecule has 0 atom stereocenters. The zero-order chi connectivity index (χ0) is 14.2. The van der Waals surface area contributed by atoms with Crippen molar-refractivity contribution in [3.05, 3.63) is 34.4 Å². The molecule has 0 fully saturated rings. The molecule has 5 heteroatoms. The van der Waals surface area contributed by atoms with E-state index in [1.807, 2.05) is 39.8 Å². The van der Waals surface area contributed by atoms with Crippen LogP contribution in [-0.2, 0) is 16.3 Å². The highest BCUT2D eigenvalue weighted by molar-refractivity contribution is 6.21. The van der Waals surface area contributed by atoms with E-state index in [4.69, 9.17) is 11.1 Å². The number of rotatable bonds is 0. The Morgan fingerprint density at radius 3 is 2.11 bits per heavy atom. The minimum atomic E-state index is -0.606. The number of fused-ring (bicyclic) bond motifs is 2. The largest absolute Gasteiger partial charge is 0.383 e. The molecule has 0 saturated heterocycles. The maximum absolute atomic E-state index is 12.5. The Labute approximate surface area is 112 Å². The summed E-state index contributed by atoms with van der Waals surface area (Å²) in [5.74, 6) is 0.536. The number of hydrogen-bond acceptors (Lipinski definition) is 3. The monoisotopic (exact) mass is 257 g/mol. The second kappa shape index (κ2) is 3.23. The Morgan fingerprint density at radius 1 is 1.11 bits per heavy atom. The summed E-state index contributed by atoms with van der Waals surface area (Å²) in [5, 5.41) is 21.5.